The summed E-state index contributed by atoms with van der Waals surface area (Å²) in [4.78, 5) is 42.4. The predicted octanol–water partition coefficient (Wildman–Crippen LogP) is -0.488. The van der Waals surface area contributed by atoms with Gasteiger partial charge in [0.2, 0.25) is 11.9 Å². The molecule has 0 amide bonds. The molecule has 0 saturated carbocycles. The highest BCUT2D eigenvalue weighted by Gasteiger charge is 1.95. The first-order valence-corrected chi connectivity index (χ1v) is 5.81. The van der Waals surface area contributed by atoms with Gasteiger partial charge in [0, 0.05) is 31.0 Å². The van der Waals surface area contributed by atoms with Crippen molar-refractivity contribution in [1.82, 2.24) is 19.9 Å². The van der Waals surface area contributed by atoms with Crippen LogP contribution in [-0.2, 0) is 0 Å². The molecule has 0 saturated heterocycles. The van der Waals surface area contributed by atoms with Crippen LogP contribution >= 0.6 is 0 Å². The summed E-state index contributed by atoms with van der Waals surface area (Å²) in [5.74, 6) is 0.379. The van der Waals surface area contributed by atoms with E-state index in [0.717, 1.165) is 0 Å². The van der Waals surface area contributed by atoms with Crippen LogP contribution in [0.3, 0.4) is 0 Å². The Bertz CT molecular complexity index is 737. The summed E-state index contributed by atoms with van der Waals surface area (Å²) in [6, 6.07) is 2.42. The van der Waals surface area contributed by atoms with Crippen LogP contribution in [0.4, 0.5) is 23.5 Å². The van der Waals surface area contributed by atoms with E-state index in [9.17, 15) is 9.59 Å². The lowest BCUT2D eigenvalue weighted by Gasteiger charge is -1.94. The third-order valence-corrected chi connectivity index (χ3v) is 2.15. The summed E-state index contributed by atoms with van der Waals surface area (Å²) in [5, 5.41) is 0. The van der Waals surface area contributed by atoms with E-state index in [4.69, 9.17) is 11.5 Å². The zero-order chi connectivity index (χ0) is 15.2. The van der Waals surface area contributed by atoms with E-state index in [0.29, 0.717) is 6.42 Å². The summed E-state index contributed by atoms with van der Waals surface area (Å²) >= 11 is 0. The molecular weight excluding hydrogens is 276 g/mol. The summed E-state index contributed by atoms with van der Waals surface area (Å²) in [7, 11) is 0. The number of nitrogens with two attached hydrogens (primary N) is 2. The van der Waals surface area contributed by atoms with Gasteiger partial charge in [-0.2, -0.15) is 9.97 Å². The van der Waals surface area contributed by atoms with E-state index >= 15 is 0 Å². The first kappa shape index (κ1) is 14.1. The van der Waals surface area contributed by atoms with Gasteiger partial charge in [0.15, 0.2) is 11.6 Å². The zero-order valence-corrected chi connectivity index (χ0v) is 10.8. The molecule has 0 fully saturated rings. The Kier molecular flexibility index (Phi) is 4.19. The van der Waals surface area contributed by atoms with Crippen molar-refractivity contribution < 1.29 is 0 Å². The molecule has 10 heteroatoms. The minimum Gasteiger partial charge on any atom is -0.369 e. The highest BCUT2D eigenvalue weighted by molar-refractivity contribution is 5.81. The quantitative estimate of drug-likeness (QED) is 0.553. The van der Waals surface area contributed by atoms with E-state index in [1.807, 2.05) is 0 Å². The van der Waals surface area contributed by atoms with E-state index < -0.39 is 0 Å². The minimum atomic E-state index is -0.383. The van der Waals surface area contributed by atoms with Crippen molar-refractivity contribution >= 4 is 36.0 Å². The number of hydrogen-bond donors (Lipinski definition) is 4. The first-order valence-electron chi connectivity index (χ1n) is 5.81. The first-order chi connectivity index (χ1) is 10.0. The molecule has 2 aromatic heterocycles. The van der Waals surface area contributed by atoms with Gasteiger partial charge in [0.1, 0.15) is 0 Å². The number of nitrogens with zero attached hydrogens (tertiary/aromatic N) is 4. The molecule has 0 aliphatic rings. The molecule has 10 nitrogen and oxygen atoms in total. The Labute approximate surface area is 117 Å². The average Bonchev–Trinajstić information content (AvgIpc) is 2.36. The van der Waals surface area contributed by atoms with Crippen LogP contribution in [0.1, 0.15) is 6.42 Å². The van der Waals surface area contributed by atoms with Gasteiger partial charge < -0.3 is 11.5 Å². The normalized spacial score (nSPS) is 11.4. The summed E-state index contributed by atoms with van der Waals surface area (Å²) in [6.45, 7) is 0. The number of aromatic amines is 2. The predicted molar refractivity (Wildman–Crippen MR) is 79.5 cm³/mol. The van der Waals surface area contributed by atoms with Gasteiger partial charge >= 0.3 is 0 Å². The lowest BCUT2D eigenvalue weighted by molar-refractivity contribution is 1.12. The number of rotatable bonds is 4. The number of aliphatic imine (C=N–C) groups is 2. The Morgan fingerprint density at radius 1 is 0.952 bits per heavy atom. The van der Waals surface area contributed by atoms with Crippen LogP contribution in [0.15, 0.2) is 31.7 Å². The molecular formula is C11H12N8O2. The Morgan fingerprint density at radius 2 is 1.38 bits per heavy atom. The maximum atomic E-state index is 11.1. The van der Waals surface area contributed by atoms with Crippen LogP contribution in [0.25, 0.3) is 0 Å². The van der Waals surface area contributed by atoms with Gasteiger partial charge in [-0.25, -0.2) is 9.98 Å². The van der Waals surface area contributed by atoms with Crippen molar-refractivity contribution in [3.05, 3.63) is 32.8 Å². The molecule has 2 heterocycles. The molecule has 6 N–H and O–H groups in total. The fourth-order valence-corrected chi connectivity index (χ4v) is 1.40. The molecule has 0 aromatic carbocycles. The highest BCUT2D eigenvalue weighted by Crippen LogP contribution is 2.05. The van der Waals surface area contributed by atoms with Gasteiger partial charge in [0.25, 0.3) is 11.1 Å². The number of anilines is 2. The van der Waals surface area contributed by atoms with Crippen LogP contribution in [0.2, 0.25) is 0 Å². The third-order valence-electron chi connectivity index (χ3n) is 2.15. The number of aromatic nitrogens is 4. The van der Waals surface area contributed by atoms with Crippen molar-refractivity contribution in [2.24, 2.45) is 9.98 Å². The van der Waals surface area contributed by atoms with Crippen molar-refractivity contribution in [2.75, 3.05) is 11.5 Å². The van der Waals surface area contributed by atoms with E-state index in [1.165, 1.54) is 24.6 Å². The van der Waals surface area contributed by atoms with Gasteiger partial charge in [-0.1, -0.05) is 0 Å². The van der Waals surface area contributed by atoms with E-state index in [2.05, 4.69) is 29.9 Å². The summed E-state index contributed by atoms with van der Waals surface area (Å²) < 4.78 is 0. The molecule has 0 radical (unpaired) electrons. The van der Waals surface area contributed by atoms with Crippen molar-refractivity contribution in [3.63, 3.8) is 0 Å². The third kappa shape index (κ3) is 4.38. The van der Waals surface area contributed by atoms with E-state index in [-0.39, 0.29) is 34.7 Å². The van der Waals surface area contributed by atoms with Crippen LogP contribution in [0, 0.1) is 0 Å². The lowest BCUT2D eigenvalue weighted by atomic mass is 10.5. The molecule has 2 rings (SSSR count). The largest absolute Gasteiger partial charge is 0.369 e. The summed E-state index contributed by atoms with van der Waals surface area (Å²) in [5.41, 5.74) is 9.98. The maximum Gasteiger partial charge on any atom is 0.254 e. The summed E-state index contributed by atoms with van der Waals surface area (Å²) in [6.07, 6.45) is 3.32. The molecule has 21 heavy (non-hydrogen) atoms. The monoisotopic (exact) mass is 288 g/mol. The Hall–Kier alpha value is -3.30. The molecule has 2 aromatic rings. The SMILES string of the molecule is Nc1nc(N=CCC=Nc2cc(=O)[nH]c(N)n2)cc(=O)[nH]1. The van der Waals surface area contributed by atoms with Crippen molar-refractivity contribution in [1.29, 1.82) is 0 Å². The second-order valence-electron chi connectivity index (χ2n) is 3.84. The Balaban J connectivity index is 2.00. The lowest BCUT2D eigenvalue weighted by Crippen LogP contribution is -2.08. The molecule has 0 atom stereocenters. The fraction of sp³-hybridized carbons (Fsp3) is 0.0909. The minimum absolute atomic E-state index is 0.00787. The molecule has 0 spiro atoms. The number of hydrogen-bond acceptors (Lipinski definition) is 8. The zero-order valence-electron chi connectivity index (χ0n) is 10.8. The van der Waals surface area contributed by atoms with Crippen LogP contribution < -0.4 is 22.6 Å². The Morgan fingerprint density at radius 3 is 1.76 bits per heavy atom. The maximum absolute atomic E-state index is 11.1. The highest BCUT2D eigenvalue weighted by atomic mass is 16.1. The topological polar surface area (TPSA) is 168 Å². The smallest absolute Gasteiger partial charge is 0.254 e. The van der Waals surface area contributed by atoms with Gasteiger partial charge in [0.05, 0.1) is 0 Å². The molecule has 0 bridgehead atoms. The number of H-pyrrole nitrogens is 2. The molecule has 0 unspecified atom stereocenters. The second kappa shape index (κ2) is 6.23. The number of nitrogens with one attached hydrogen (secondary N) is 2. The van der Waals surface area contributed by atoms with Crippen molar-refractivity contribution in [3.8, 4) is 0 Å². The fourth-order valence-electron chi connectivity index (χ4n) is 1.40. The number of nitrogen functional groups attached to an aromatic ring is 2. The van der Waals surface area contributed by atoms with E-state index in [1.54, 1.807) is 0 Å². The van der Waals surface area contributed by atoms with Crippen molar-refractivity contribution in [2.45, 2.75) is 6.42 Å². The second-order valence-corrected chi connectivity index (χ2v) is 3.84. The molecule has 0 aliphatic heterocycles. The van der Waals surface area contributed by atoms with Crippen LogP contribution in [-0.4, -0.2) is 32.4 Å². The molecule has 108 valence electrons. The van der Waals surface area contributed by atoms with Gasteiger partial charge in [-0.05, 0) is 0 Å². The van der Waals surface area contributed by atoms with Gasteiger partial charge in [-0.15, -0.1) is 0 Å². The molecule has 0 aliphatic carbocycles. The van der Waals surface area contributed by atoms with Crippen LogP contribution in [0.5, 0.6) is 0 Å². The van der Waals surface area contributed by atoms with Gasteiger partial charge in [-0.3, -0.25) is 19.6 Å². The standard InChI is InChI=1S/C11H12N8O2/c12-10-16-6(4-8(20)18-10)14-2-1-3-15-7-5-9(21)19-11(13)17-7/h2-5H,1H2,(H3,12,16,18,20)(H3,13,17,19,21). The average molecular weight is 288 g/mol.